The molecule has 2 N–H and O–H groups in total. The number of benzene rings is 2. The predicted octanol–water partition coefficient (Wildman–Crippen LogP) is 4.08. The topological polar surface area (TPSA) is 65.2 Å². The van der Waals surface area contributed by atoms with Crippen molar-refractivity contribution in [1.82, 2.24) is 15.2 Å². The summed E-state index contributed by atoms with van der Waals surface area (Å²) in [6.45, 7) is 1.12. The second-order valence-corrected chi connectivity index (χ2v) is 8.27. The molecule has 5 nitrogen and oxygen atoms in total. The number of hydrogen-bond acceptors (Lipinski definition) is 4. The summed E-state index contributed by atoms with van der Waals surface area (Å²) in [5.41, 5.74) is 2.67. The van der Waals surface area contributed by atoms with Crippen molar-refractivity contribution in [1.29, 1.82) is 0 Å². The molecule has 2 heterocycles. The van der Waals surface area contributed by atoms with E-state index in [-0.39, 0.29) is 11.5 Å². The van der Waals surface area contributed by atoms with Crippen LogP contribution in [0.5, 0.6) is 0 Å². The summed E-state index contributed by atoms with van der Waals surface area (Å²) in [4.78, 5) is 30.5. The fourth-order valence-corrected chi connectivity index (χ4v) is 4.22. The van der Waals surface area contributed by atoms with E-state index < -0.39 is 6.04 Å². The molecule has 0 bridgehead atoms. The Morgan fingerprint density at radius 2 is 1.90 bits per heavy atom. The number of fused-ring (bicyclic) bond motifs is 1. The average Bonchev–Trinajstić information content (AvgIpc) is 3.27. The quantitative estimate of drug-likeness (QED) is 0.476. The van der Waals surface area contributed by atoms with Gasteiger partial charge in [-0.2, -0.15) is 0 Å². The molecule has 0 aliphatic heterocycles. The first kappa shape index (κ1) is 20.1. The van der Waals surface area contributed by atoms with Gasteiger partial charge in [0.25, 0.3) is 0 Å². The first-order valence-electron chi connectivity index (χ1n) is 9.78. The zero-order valence-electron chi connectivity index (χ0n) is 16.7. The molecule has 0 saturated carbocycles. The second-order valence-electron chi connectivity index (χ2n) is 7.24. The number of amides is 1. The lowest BCUT2D eigenvalue weighted by Gasteiger charge is -2.25. The Kier molecular flexibility index (Phi) is 6.07. The molecule has 1 amide bonds. The summed E-state index contributed by atoms with van der Waals surface area (Å²) >= 11 is 1.65. The van der Waals surface area contributed by atoms with Crippen LogP contribution in [0.15, 0.2) is 83.0 Å². The number of carbonyl (C=O) groups is 1. The molecule has 0 aliphatic rings. The molecule has 4 aromatic rings. The van der Waals surface area contributed by atoms with E-state index in [0.717, 1.165) is 26.9 Å². The van der Waals surface area contributed by atoms with Gasteiger partial charge in [-0.1, -0.05) is 42.5 Å². The molecule has 0 aliphatic carbocycles. The third kappa shape index (κ3) is 4.67. The number of nitrogens with one attached hydrogen (secondary N) is 2. The monoisotopic (exact) mass is 417 g/mol. The summed E-state index contributed by atoms with van der Waals surface area (Å²) in [6.07, 6.45) is 0. The van der Waals surface area contributed by atoms with E-state index in [9.17, 15) is 9.59 Å². The molecule has 0 unspecified atom stereocenters. The number of thiophene rings is 1. The Hall–Kier alpha value is -3.22. The van der Waals surface area contributed by atoms with Crippen LogP contribution in [-0.4, -0.2) is 22.8 Å². The number of pyridine rings is 1. The molecule has 6 heteroatoms. The Bertz CT molecular complexity index is 1190. The van der Waals surface area contributed by atoms with E-state index in [1.165, 1.54) is 6.07 Å². The van der Waals surface area contributed by atoms with Crippen LogP contribution in [0.2, 0.25) is 0 Å². The number of aromatic nitrogens is 1. The normalized spacial score (nSPS) is 12.0. The van der Waals surface area contributed by atoms with Gasteiger partial charge in [0.15, 0.2) is 0 Å². The van der Waals surface area contributed by atoms with Crippen molar-refractivity contribution >= 4 is 28.1 Å². The third-order valence-corrected chi connectivity index (χ3v) is 5.89. The summed E-state index contributed by atoms with van der Waals surface area (Å²) in [6, 6.07) is 22.6. The van der Waals surface area contributed by atoms with Gasteiger partial charge in [-0.15, -0.1) is 11.3 Å². The summed E-state index contributed by atoms with van der Waals surface area (Å²) in [5, 5.41) is 6.41. The molecular weight excluding hydrogens is 394 g/mol. The lowest BCUT2D eigenvalue weighted by molar-refractivity contribution is -0.132. The van der Waals surface area contributed by atoms with Crippen LogP contribution in [0, 0.1) is 0 Å². The van der Waals surface area contributed by atoms with Gasteiger partial charge >= 0.3 is 0 Å². The zero-order valence-corrected chi connectivity index (χ0v) is 17.5. The van der Waals surface area contributed by atoms with E-state index in [4.69, 9.17) is 0 Å². The van der Waals surface area contributed by atoms with E-state index in [1.54, 1.807) is 16.2 Å². The van der Waals surface area contributed by atoms with Gasteiger partial charge in [-0.25, -0.2) is 0 Å². The van der Waals surface area contributed by atoms with E-state index in [2.05, 4.69) is 10.3 Å². The number of likely N-dealkylation sites (N-methyl/N-ethyl adjacent to an activating group) is 1. The number of carbonyl (C=O) groups excluding carboxylic acids is 1. The van der Waals surface area contributed by atoms with Crippen LogP contribution in [0.25, 0.3) is 10.9 Å². The Labute approximate surface area is 179 Å². The van der Waals surface area contributed by atoms with Crippen molar-refractivity contribution in [3.63, 3.8) is 0 Å². The highest BCUT2D eigenvalue weighted by molar-refractivity contribution is 7.09. The van der Waals surface area contributed by atoms with Crippen LogP contribution < -0.4 is 10.9 Å². The van der Waals surface area contributed by atoms with Gasteiger partial charge in [0.1, 0.15) is 6.04 Å². The first-order valence-corrected chi connectivity index (χ1v) is 10.7. The van der Waals surface area contributed by atoms with Gasteiger partial charge in [0.2, 0.25) is 11.5 Å². The van der Waals surface area contributed by atoms with Crippen LogP contribution in [-0.2, 0) is 17.9 Å². The lowest BCUT2D eigenvalue weighted by atomic mass is 10.0. The third-order valence-electron chi connectivity index (χ3n) is 5.03. The number of rotatable bonds is 7. The van der Waals surface area contributed by atoms with Crippen LogP contribution in [0.4, 0.5) is 0 Å². The van der Waals surface area contributed by atoms with Crippen molar-refractivity contribution in [2.75, 3.05) is 7.05 Å². The molecule has 152 valence electrons. The maximum absolute atomic E-state index is 13.3. The first-order chi connectivity index (χ1) is 14.6. The highest BCUT2D eigenvalue weighted by Crippen LogP contribution is 2.20. The molecule has 0 fully saturated rings. The van der Waals surface area contributed by atoms with Gasteiger partial charge in [-0.05, 0) is 46.2 Å². The van der Waals surface area contributed by atoms with Crippen molar-refractivity contribution in [2.45, 2.75) is 19.1 Å². The lowest BCUT2D eigenvalue weighted by Crippen LogP contribution is -2.38. The Balaban J connectivity index is 1.53. The van der Waals surface area contributed by atoms with E-state index in [0.29, 0.717) is 13.1 Å². The molecule has 1 atom stereocenters. The number of H-pyrrole nitrogens is 1. The van der Waals surface area contributed by atoms with Crippen molar-refractivity contribution < 1.29 is 4.79 Å². The Morgan fingerprint density at radius 1 is 1.07 bits per heavy atom. The molecular formula is C24H23N3O2S. The van der Waals surface area contributed by atoms with Gasteiger partial charge < -0.3 is 9.88 Å². The van der Waals surface area contributed by atoms with E-state index >= 15 is 0 Å². The van der Waals surface area contributed by atoms with Gasteiger partial charge in [0, 0.05) is 30.1 Å². The molecule has 30 heavy (non-hydrogen) atoms. The minimum absolute atomic E-state index is 0.0275. The predicted molar refractivity (Wildman–Crippen MR) is 121 cm³/mol. The number of aromatic amines is 1. The van der Waals surface area contributed by atoms with Crippen molar-refractivity contribution in [3.8, 4) is 0 Å². The smallest absolute Gasteiger partial charge is 0.248 e. The standard InChI is InChI=1S/C24H23N3O2S/c1-27(16-20-8-5-13-30-20)24(29)23(18-6-3-2-4-7-18)25-15-17-9-11-21-19(14-17)10-12-22(28)26-21/h2-14,23,25H,15-16H2,1H3,(H,26,28)/t23-/m1/s1. The fourth-order valence-electron chi connectivity index (χ4n) is 3.46. The maximum Gasteiger partial charge on any atom is 0.248 e. The minimum atomic E-state index is -0.442. The fraction of sp³-hybridized carbons (Fsp3) is 0.167. The molecule has 2 aromatic heterocycles. The average molecular weight is 418 g/mol. The van der Waals surface area contributed by atoms with Crippen LogP contribution in [0.1, 0.15) is 22.0 Å². The molecule has 4 rings (SSSR count). The van der Waals surface area contributed by atoms with Crippen molar-refractivity contribution in [3.05, 3.63) is 105 Å². The van der Waals surface area contributed by atoms with E-state index in [1.807, 2.05) is 79.2 Å². The van der Waals surface area contributed by atoms with Crippen molar-refractivity contribution in [2.24, 2.45) is 0 Å². The second kappa shape index (κ2) is 9.07. The van der Waals surface area contributed by atoms with Crippen LogP contribution in [0.3, 0.4) is 0 Å². The number of hydrogen-bond donors (Lipinski definition) is 2. The van der Waals surface area contributed by atoms with Crippen LogP contribution >= 0.6 is 11.3 Å². The molecule has 0 saturated heterocycles. The molecule has 0 spiro atoms. The molecule has 0 radical (unpaired) electrons. The minimum Gasteiger partial charge on any atom is -0.339 e. The van der Waals surface area contributed by atoms with Gasteiger partial charge in [0.05, 0.1) is 6.54 Å². The highest BCUT2D eigenvalue weighted by atomic mass is 32.1. The highest BCUT2D eigenvalue weighted by Gasteiger charge is 2.23. The maximum atomic E-state index is 13.3. The molecule has 2 aromatic carbocycles. The number of nitrogens with zero attached hydrogens (tertiary/aromatic N) is 1. The summed E-state index contributed by atoms with van der Waals surface area (Å²) < 4.78 is 0. The summed E-state index contributed by atoms with van der Waals surface area (Å²) in [5.74, 6) is 0.0275. The summed E-state index contributed by atoms with van der Waals surface area (Å²) in [7, 11) is 1.84. The largest absolute Gasteiger partial charge is 0.339 e. The Morgan fingerprint density at radius 3 is 2.67 bits per heavy atom. The SMILES string of the molecule is CN(Cc1cccs1)C(=O)[C@H](NCc1ccc2[nH]c(=O)ccc2c1)c1ccccc1. The zero-order chi connectivity index (χ0) is 20.9. The van der Waals surface area contributed by atoms with Gasteiger partial charge in [-0.3, -0.25) is 14.9 Å².